The zero-order chi connectivity index (χ0) is 10.7. The van der Waals surface area contributed by atoms with Crippen molar-refractivity contribution < 1.29 is 0 Å². The van der Waals surface area contributed by atoms with Crippen molar-refractivity contribution in [3.8, 4) is 0 Å². The Morgan fingerprint density at radius 3 is 2.40 bits per heavy atom. The molecule has 0 fully saturated rings. The van der Waals surface area contributed by atoms with Crippen LogP contribution in [0.25, 0.3) is 0 Å². The fourth-order valence-corrected chi connectivity index (χ4v) is 1.29. The van der Waals surface area contributed by atoms with Crippen molar-refractivity contribution in [2.45, 2.75) is 0 Å². The topological polar surface area (TPSA) is 50.9 Å². The van der Waals surface area contributed by atoms with Crippen LogP contribution in [0.5, 0.6) is 0 Å². The molecule has 15 heavy (non-hydrogen) atoms. The van der Waals surface area contributed by atoms with Crippen molar-refractivity contribution in [2.75, 3.05) is 11.1 Å². The summed E-state index contributed by atoms with van der Waals surface area (Å²) in [4.78, 5) is 4.13. The lowest BCUT2D eigenvalue weighted by Crippen LogP contribution is -1.94. The van der Waals surface area contributed by atoms with Crippen LogP contribution >= 0.6 is 11.6 Å². The van der Waals surface area contributed by atoms with E-state index in [-0.39, 0.29) is 0 Å². The van der Waals surface area contributed by atoms with E-state index in [1.807, 2.05) is 30.3 Å². The van der Waals surface area contributed by atoms with E-state index in [4.69, 9.17) is 17.3 Å². The van der Waals surface area contributed by atoms with Gasteiger partial charge < -0.3 is 11.1 Å². The van der Waals surface area contributed by atoms with Crippen molar-refractivity contribution in [1.29, 1.82) is 0 Å². The molecule has 4 heteroatoms. The van der Waals surface area contributed by atoms with E-state index in [0.717, 1.165) is 11.5 Å². The molecule has 76 valence electrons. The quantitative estimate of drug-likeness (QED) is 0.816. The number of nitrogens with zero attached hydrogens (tertiary/aromatic N) is 1. The molecule has 0 aliphatic carbocycles. The predicted molar refractivity (Wildman–Crippen MR) is 63.4 cm³/mol. The largest absolute Gasteiger partial charge is 0.397 e. The van der Waals surface area contributed by atoms with Gasteiger partial charge in [0.25, 0.3) is 0 Å². The Morgan fingerprint density at radius 2 is 1.80 bits per heavy atom. The number of nitrogen functional groups attached to an aromatic ring is 1. The van der Waals surface area contributed by atoms with Crippen molar-refractivity contribution in [2.24, 2.45) is 0 Å². The molecule has 0 saturated heterocycles. The number of rotatable bonds is 2. The number of anilines is 3. The highest BCUT2D eigenvalue weighted by molar-refractivity contribution is 6.30. The molecule has 2 rings (SSSR count). The average Bonchev–Trinajstić information content (AvgIpc) is 2.25. The second kappa shape index (κ2) is 4.19. The first-order valence-electron chi connectivity index (χ1n) is 4.48. The molecular formula is C11H10ClN3. The Labute approximate surface area is 92.9 Å². The molecule has 0 amide bonds. The maximum Gasteiger partial charge on any atom is 0.130 e. The molecule has 0 saturated carbocycles. The van der Waals surface area contributed by atoms with Gasteiger partial charge in [-0.3, -0.25) is 0 Å². The summed E-state index contributed by atoms with van der Waals surface area (Å²) < 4.78 is 0. The standard InChI is InChI=1S/C11H10ClN3/c12-8-1-4-10(5-2-8)15-11-6-3-9(13)7-14-11/h1-7H,13H2,(H,14,15). The monoisotopic (exact) mass is 219 g/mol. The highest BCUT2D eigenvalue weighted by atomic mass is 35.5. The van der Waals surface area contributed by atoms with E-state index in [1.165, 1.54) is 0 Å². The molecule has 0 aliphatic rings. The van der Waals surface area contributed by atoms with Crippen LogP contribution in [-0.4, -0.2) is 4.98 Å². The molecule has 0 atom stereocenters. The average molecular weight is 220 g/mol. The third-order valence-electron chi connectivity index (χ3n) is 1.90. The summed E-state index contributed by atoms with van der Waals surface area (Å²) in [6.07, 6.45) is 1.61. The summed E-state index contributed by atoms with van der Waals surface area (Å²) in [6, 6.07) is 11.0. The zero-order valence-corrected chi connectivity index (χ0v) is 8.70. The van der Waals surface area contributed by atoms with Crippen LogP contribution in [0.3, 0.4) is 0 Å². The molecule has 1 aromatic heterocycles. The SMILES string of the molecule is Nc1ccc(Nc2ccc(Cl)cc2)nc1. The molecule has 3 N–H and O–H groups in total. The van der Waals surface area contributed by atoms with E-state index in [1.54, 1.807) is 12.3 Å². The summed E-state index contributed by atoms with van der Waals surface area (Å²) >= 11 is 5.78. The molecule has 3 nitrogen and oxygen atoms in total. The number of nitrogens with two attached hydrogens (primary N) is 1. The summed E-state index contributed by atoms with van der Waals surface area (Å²) in [5.41, 5.74) is 7.12. The molecule has 1 heterocycles. The zero-order valence-electron chi connectivity index (χ0n) is 7.94. The van der Waals surface area contributed by atoms with Crippen LogP contribution in [0, 0.1) is 0 Å². The van der Waals surface area contributed by atoms with Crippen molar-refractivity contribution in [3.63, 3.8) is 0 Å². The number of nitrogens with one attached hydrogen (secondary N) is 1. The molecule has 0 aliphatic heterocycles. The van der Waals surface area contributed by atoms with Crippen LogP contribution in [0.1, 0.15) is 0 Å². The highest BCUT2D eigenvalue weighted by Gasteiger charge is 1.95. The number of halogens is 1. The molecule has 0 radical (unpaired) electrons. The third-order valence-corrected chi connectivity index (χ3v) is 2.15. The Morgan fingerprint density at radius 1 is 1.07 bits per heavy atom. The lowest BCUT2D eigenvalue weighted by molar-refractivity contribution is 1.31. The maximum atomic E-state index is 5.78. The minimum Gasteiger partial charge on any atom is -0.397 e. The van der Waals surface area contributed by atoms with E-state index in [2.05, 4.69) is 10.3 Å². The van der Waals surface area contributed by atoms with Gasteiger partial charge in [0, 0.05) is 10.7 Å². The molecule has 0 unspecified atom stereocenters. The number of benzene rings is 1. The van der Waals surface area contributed by atoms with Crippen molar-refractivity contribution in [1.82, 2.24) is 4.98 Å². The van der Waals surface area contributed by atoms with Crippen LogP contribution in [0.15, 0.2) is 42.6 Å². The van der Waals surface area contributed by atoms with Gasteiger partial charge in [0.2, 0.25) is 0 Å². The summed E-state index contributed by atoms with van der Waals surface area (Å²) in [5, 5.41) is 3.85. The van der Waals surface area contributed by atoms with Gasteiger partial charge >= 0.3 is 0 Å². The Hall–Kier alpha value is -1.74. The van der Waals surface area contributed by atoms with Crippen molar-refractivity contribution in [3.05, 3.63) is 47.6 Å². The Balaban J connectivity index is 2.15. The lowest BCUT2D eigenvalue weighted by atomic mass is 10.3. The molecular weight excluding hydrogens is 210 g/mol. The van der Waals surface area contributed by atoms with Gasteiger partial charge in [-0.25, -0.2) is 4.98 Å². The molecule has 0 spiro atoms. The van der Waals surface area contributed by atoms with Gasteiger partial charge in [-0.15, -0.1) is 0 Å². The fourth-order valence-electron chi connectivity index (χ4n) is 1.16. The van der Waals surface area contributed by atoms with Gasteiger partial charge in [0.15, 0.2) is 0 Å². The third kappa shape index (κ3) is 2.60. The first-order valence-corrected chi connectivity index (χ1v) is 4.86. The second-order valence-corrected chi connectivity index (χ2v) is 3.55. The smallest absolute Gasteiger partial charge is 0.130 e. The van der Waals surface area contributed by atoms with Gasteiger partial charge in [-0.1, -0.05) is 11.6 Å². The van der Waals surface area contributed by atoms with Crippen molar-refractivity contribution >= 4 is 28.8 Å². The molecule has 2 aromatic rings. The van der Waals surface area contributed by atoms with Gasteiger partial charge in [-0.05, 0) is 36.4 Å². The number of pyridine rings is 1. The Kier molecular flexibility index (Phi) is 2.74. The lowest BCUT2D eigenvalue weighted by Gasteiger charge is -2.05. The predicted octanol–water partition coefficient (Wildman–Crippen LogP) is 3.06. The molecule has 1 aromatic carbocycles. The summed E-state index contributed by atoms with van der Waals surface area (Å²) in [7, 11) is 0. The minimum absolute atomic E-state index is 0.650. The van der Waals surface area contributed by atoms with Gasteiger partial charge in [-0.2, -0.15) is 0 Å². The van der Waals surface area contributed by atoms with Crippen LogP contribution in [-0.2, 0) is 0 Å². The van der Waals surface area contributed by atoms with Crippen LogP contribution in [0.4, 0.5) is 17.2 Å². The summed E-state index contributed by atoms with van der Waals surface area (Å²) in [5.74, 6) is 0.756. The number of hydrogen-bond acceptors (Lipinski definition) is 3. The van der Waals surface area contributed by atoms with E-state index >= 15 is 0 Å². The maximum absolute atomic E-state index is 5.78. The van der Waals surface area contributed by atoms with Gasteiger partial charge in [0.1, 0.15) is 5.82 Å². The number of hydrogen-bond donors (Lipinski definition) is 2. The fraction of sp³-hybridized carbons (Fsp3) is 0. The minimum atomic E-state index is 0.650. The first kappa shape index (κ1) is 9.80. The highest BCUT2D eigenvalue weighted by Crippen LogP contribution is 2.17. The number of aromatic nitrogens is 1. The van der Waals surface area contributed by atoms with Crippen LogP contribution < -0.4 is 11.1 Å². The van der Waals surface area contributed by atoms with E-state index in [9.17, 15) is 0 Å². The van der Waals surface area contributed by atoms with E-state index < -0.39 is 0 Å². The molecule has 0 bridgehead atoms. The van der Waals surface area contributed by atoms with Gasteiger partial charge in [0.05, 0.1) is 11.9 Å². The second-order valence-electron chi connectivity index (χ2n) is 3.11. The summed E-state index contributed by atoms with van der Waals surface area (Å²) in [6.45, 7) is 0. The van der Waals surface area contributed by atoms with E-state index in [0.29, 0.717) is 10.7 Å². The van der Waals surface area contributed by atoms with Crippen LogP contribution in [0.2, 0.25) is 5.02 Å². The Bertz CT molecular complexity index is 393. The first-order chi connectivity index (χ1) is 7.24. The normalized spacial score (nSPS) is 9.93.